The van der Waals surface area contributed by atoms with Gasteiger partial charge < -0.3 is 17.0 Å². The van der Waals surface area contributed by atoms with Crippen molar-refractivity contribution in [3.8, 4) is 0 Å². The molecule has 1 heterocycles. The van der Waals surface area contributed by atoms with Crippen LogP contribution in [0.2, 0.25) is 10.6 Å². The third kappa shape index (κ3) is 2.95. The molecule has 0 amide bonds. The molecule has 1 aliphatic heterocycles. The van der Waals surface area contributed by atoms with Gasteiger partial charge in [0.2, 0.25) is 0 Å². The van der Waals surface area contributed by atoms with Gasteiger partial charge in [-0.05, 0) is 0 Å². The molecule has 0 unspecified atom stereocenters. The monoisotopic (exact) mass is 385 g/mol. The Morgan fingerprint density at radius 3 is 2.21 bits per heavy atom. The Balaban J connectivity index is 0.000000980. The molecule has 2 rings (SSSR count). The first-order chi connectivity index (χ1) is 6.38. The van der Waals surface area contributed by atoms with Gasteiger partial charge in [-0.25, -0.2) is 0 Å². The summed E-state index contributed by atoms with van der Waals surface area (Å²) in [6.07, 6.45) is 0. The van der Waals surface area contributed by atoms with Gasteiger partial charge in [0, 0.05) is 0 Å². The first-order valence-corrected chi connectivity index (χ1v) is 8.43. The molecule has 1 aromatic rings. The summed E-state index contributed by atoms with van der Waals surface area (Å²) >= 11 is 1.56. The number of halogens is 1. The predicted molar refractivity (Wildman–Crippen MR) is 58.4 cm³/mol. The fourth-order valence-electron chi connectivity index (χ4n) is 1.25. The number of hydrogen-bond donors (Lipinski definition) is 0. The minimum atomic E-state index is 0. The van der Waals surface area contributed by atoms with E-state index in [9.17, 15) is 0 Å². The van der Waals surface area contributed by atoms with E-state index in [1.54, 1.807) is 3.51 Å². The maximum absolute atomic E-state index is 2.40. The van der Waals surface area contributed by atoms with E-state index in [-0.39, 0.29) is 17.0 Å². The average Bonchev–Trinajstić information content (AvgIpc) is 2.71. The maximum Gasteiger partial charge on any atom is -1.00 e. The van der Waals surface area contributed by atoms with Gasteiger partial charge >= 0.3 is 91.7 Å². The van der Waals surface area contributed by atoms with E-state index >= 15 is 0 Å². The molecule has 0 spiro atoms. The number of nitrogens with zero attached hydrogens (tertiary/aromatic N) is 1. The summed E-state index contributed by atoms with van der Waals surface area (Å²) in [6.45, 7) is 0. The van der Waals surface area contributed by atoms with Crippen molar-refractivity contribution >= 4 is 39.1 Å². The van der Waals surface area contributed by atoms with Crippen LogP contribution in [0.15, 0.2) is 30.3 Å². The van der Waals surface area contributed by atoms with Gasteiger partial charge in [0.25, 0.3) is 0 Å². The SMILES string of the molecule is C[N+](=C1[Se]CC[Se]1)c1ccccc1.[Br-]. The smallest absolute Gasteiger partial charge is 1.00 e. The topological polar surface area (TPSA) is 3.01 Å². The summed E-state index contributed by atoms with van der Waals surface area (Å²) in [6, 6.07) is 10.7. The number of para-hydroxylation sites is 1. The molecule has 1 aromatic carbocycles. The van der Waals surface area contributed by atoms with Crippen LogP contribution in [0, 0.1) is 0 Å². The van der Waals surface area contributed by atoms with E-state index < -0.39 is 0 Å². The third-order valence-corrected chi connectivity index (χ3v) is 9.73. The fraction of sp³-hybridized carbons (Fsp3) is 0.300. The Morgan fingerprint density at radius 1 is 1.07 bits per heavy atom. The van der Waals surface area contributed by atoms with E-state index in [1.165, 1.54) is 16.3 Å². The second-order valence-electron chi connectivity index (χ2n) is 2.86. The van der Waals surface area contributed by atoms with Crippen LogP contribution in [0.5, 0.6) is 0 Å². The first kappa shape index (κ1) is 12.5. The molecule has 1 aliphatic rings. The summed E-state index contributed by atoms with van der Waals surface area (Å²) in [5.41, 5.74) is 1.35. The molecular formula is C10H12BrNSe2. The Kier molecular flexibility index (Phi) is 5.43. The zero-order valence-corrected chi connectivity index (χ0v) is 13.0. The van der Waals surface area contributed by atoms with Crippen molar-refractivity contribution in [1.82, 2.24) is 0 Å². The molecule has 0 bridgehead atoms. The molecular weight excluding hydrogens is 372 g/mol. The van der Waals surface area contributed by atoms with Crippen LogP contribution in [-0.2, 0) is 0 Å². The van der Waals surface area contributed by atoms with Crippen LogP contribution < -0.4 is 17.0 Å². The van der Waals surface area contributed by atoms with Crippen molar-refractivity contribution in [1.29, 1.82) is 0 Å². The molecule has 0 saturated carbocycles. The molecule has 76 valence electrons. The minimum absolute atomic E-state index is 0. The van der Waals surface area contributed by atoms with E-state index in [1.807, 2.05) is 0 Å². The zero-order chi connectivity index (χ0) is 9.10. The average molecular weight is 384 g/mol. The molecule has 0 atom stereocenters. The van der Waals surface area contributed by atoms with E-state index in [2.05, 4.69) is 42.0 Å². The van der Waals surface area contributed by atoms with Gasteiger partial charge in [-0.2, -0.15) is 0 Å². The summed E-state index contributed by atoms with van der Waals surface area (Å²) < 4.78 is 4.11. The van der Waals surface area contributed by atoms with Crippen LogP contribution in [0.1, 0.15) is 0 Å². The second-order valence-corrected chi connectivity index (χ2v) is 8.71. The summed E-state index contributed by atoms with van der Waals surface area (Å²) in [5.74, 6) is 0. The Labute approximate surface area is 108 Å². The van der Waals surface area contributed by atoms with Gasteiger partial charge in [0.05, 0.1) is 0 Å². The van der Waals surface area contributed by atoms with Gasteiger partial charge in [0.1, 0.15) is 0 Å². The van der Waals surface area contributed by atoms with Crippen LogP contribution in [0.25, 0.3) is 0 Å². The Hall–Kier alpha value is 0.409. The normalized spacial score (nSPS) is 15.1. The zero-order valence-electron chi connectivity index (χ0n) is 7.94. The van der Waals surface area contributed by atoms with Crippen molar-refractivity contribution in [3.63, 3.8) is 0 Å². The van der Waals surface area contributed by atoms with Crippen molar-refractivity contribution in [3.05, 3.63) is 30.3 Å². The molecule has 1 nitrogen and oxygen atoms in total. The van der Waals surface area contributed by atoms with Crippen LogP contribution in [0.3, 0.4) is 0 Å². The minimum Gasteiger partial charge on any atom is -1.00 e. The fourth-order valence-corrected chi connectivity index (χ4v) is 8.30. The molecule has 14 heavy (non-hydrogen) atoms. The van der Waals surface area contributed by atoms with Gasteiger partial charge in [0.15, 0.2) is 0 Å². The van der Waals surface area contributed by atoms with E-state index in [0.29, 0.717) is 0 Å². The molecule has 0 aromatic heterocycles. The van der Waals surface area contributed by atoms with Gasteiger partial charge in [-0.15, -0.1) is 0 Å². The van der Waals surface area contributed by atoms with Crippen LogP contribution >= 0.6 is 0 Å². The van der Waals surface area contributed by atoms with Crippen molar-refractivity contribution < 1.29 is 21.6 Å². The largest absolute Gasteiger partial charge is 1.00 e. The second kappa shape index (κ2) is 6.09. The van der Waals surface area contributed by atoms with Gasteiger partial charge in [-0.1, -0.05) is 0 Å². The number of hydrogen-bond acceptors (Lipinski definition) is 0. The summed E-state index contributed by atoms with van der Waals surface area (Å²) in [7, 11) is 2.21. The molecule has 1 fully saturated rings. The van der Waals surface area contributed by atoms with Crippen LogP contribution in [0.4, 0.5) is 5.69 Å². The predicted octanol–water partition coefficient (Wildman–Crippen LogP) is -1.42. The first-order valence-electron chi connectivity index (χ1n) is 4.29. The Morgan fingerprint density at radius 2 is 1.64 bits per heavy atom. The number of benzene rings is 1. The number of rotatable bonds is 1. The van der Waals surface area contributed by atoms with Crippen molar-refractivity contribution in [2.24, 2.45) is 0 Å². The quantitative estimate of drug-likeness (QED) is 0.413. The third-order valence-electron chi connectivity index (χ3n) is 1.95. The summed E-state index contributed by atoms with van der Waals surface area (Å²) in [5, 5.41) is 2.92. The Bertz CT molecular complexity index is 316. The van der Waals surface area contributed by atoms with Gasteiger partial charge in [-0.3, -0.25) is 0 Å². The molecule has 0 radical (unpaired) electrons. The van der Waals surface area contributed by atoms with Crippen LogP contribution in [-0.4, -0.2) is 45.0 Å². The molecule has 0 N–H and O–H groups in total. The maximum atomic E-state index is 2.40. The summed E-state index contributed by atoms with van der Waals surface area (Å²) in [4.78, 5) is 0. The molecule has 1 saturated heterocycles. The van der Waals surface area contributed by atoms with E-state index in [0.717, 1.165) is 29.9 Å². The van der Waals surface area contributed by atoms with Crippen molar-refractivity contribution in [2.75, 3.05) is 7.05 Å². The molecule has 0 aliphatic carbocycles. The molecule has 4 heteroatoms. The van der Waals surface area contributed by atoms with Crippen molar-refractivity contribution in [2.45, 2.75) is 10.6 Å². The van der Waals surface area contributed by atoms with E-state index in [4.69, 9.17) is 0 Å². The standard InChI is InChI=1S/C10H12NSe2.BrH/c1-11(10-12-7-8-13-10)9-5-3-2-4-6-9;/h2-6H,7-8H2,1H3;1H/q+1;/p-1.